The van der Waals surface area contributed by atoms with E-state index < -0.39 is 0 Å². The van der Waals surface area contributed by atoms with E-state index in [0.717, 1.165) is 17.9 Å². The van der Waals surface area contributed by atoms with Gasteiger partial charge in [0.15, 0.2) is 5.43 Å². The minimum Gasteiger partial charge on any atom is -0.349 e. The standard InChI is InChI=1S/C9H13NO/c1-4-10-7(2)5-9(11)6-8(10)3/h5-6H,4H2,1-3H3. The van der Waals surface area contributed by atoms with E-state index in [0.29, 0.717) is 0 Å². The van der Waals surface area contributed by atoms with Crippen molar-refractivity contribution >= 4 is 0 Å². The van der Waals surface area contributed by atoms with Crippen molar-refractivity contribution in [2.75, 3.05) is 0 Å². The molecule has 0 aliphatic carbocycles. The average Bonchev–Trinajstić information content (AvgIpc) is 1.85. The van der Waals surface area contributed by atoms with Crippen molar-refractivity contribution in [3.8, 4) is 0 Å². The van der Waals surface area contributed by atoms with Crippen LogP contribution in [-0.2, 0) is 6.54 Å². The van der Waals surface area contributed by atoms with Crippen LogP contribution in [0.15, 0.2) is 16.9 Å². The first-order chi connectivity index (χ1) is 5.15. The summed E-state index contributed by atoms with van der Waals surface area (Å²) in [4.78, 5) is 11.0. The van der Waals surface area contributed by atoms with Crippen molar-refractivity contribution in [1.29, 1.82) is 0 Å². The van der Waals surface area contributed by atoms with Crippen molar-refractivity contribution in [1.82, 2.24) is 4.57 Å². The van der Waals surface area contributed by atoms with E-state index in [1.54, 1.807) is 12.1 Å². The summed E-state index contributed by atoms with van der Waals surface area (Å²) in [7, 11) is 0. The largest absolute Gasteiger partial charge is 0.349 e. The normalized spacial score (nSPS) is 10.1. The first-order valence-electron chi connectivity index (χ1n) is 3.83. The van der Waals surface area contributed by atoms with Gasteiger partial charge in [0.25, 0.3) is 0 Å². The van der Waals surface area contributed by atoms with Crippen molar-refractivity contribution in [3.05, 3.63) is 33.7 Å². The lowest BCUT2D eigenvalue weighted by Crippen LogP contribution is -2.11. The summed E-state index contributed by atoms with van der Waals surface area (Å²) < 4.78 is 2.11. The highest BCUT2D eigenvalue weighted by molar-refractivity contribution is 5.11. The zero-order chi connectivity index (χ0) is 8.43. The van der Waals surface area contributed by atoms with Gasteiger partial charge in [-0.1, -0.05) is 0 Å². The predicted octanol–water partition coefficient (Wildman–Crippen LogP) is 1.49. The zero-order valence-corrected chi connectivity index (χ0v) is 7.22. The second kappa shape index (κ2) is 2.91. The zero-order valence-electron chi connectivity index (χ0n) is 7.22. The molecule has 0 fully saturated rings. The highest BCUT2D eigenvalue weighted by atomic mass is 16.1. The molecule has 0 saturated heterocycles. The molecular formula is C9H13NO. The lowest BCUT2D eigenvalue weighted by Gasteiger charge is -2.10. The maximum Gasteiger partial charge on any atom is 0.182 e. The molecule has 1 aromatic heterocycles. The molecule has 0 aliphatic heterocycles. The quantitative estimate of drug-likeness (QED) is 0.596. The monoisotopic (exact) mass is 151 g/mol. The highest BCUT2D eigenvalue weighted by Crippen LogP contribution is 1.99. The van der Waals surface area contributed by atoms with Gasteiger partial charge >= 0.3 is 0 Å². The van der Waals surface area contributed by atoms with Crippen LogP contribution in [0.25, 0.3) is 0 Å². The molecule has 0 unspecified atom stereocenters. The van der Waals surface area contributed by atoms with E-state index in [1.807, 2.05) is 13.8 Å². The number of aryl methyl sites for hydroxylation is 2. The van der Waals surface area contributed by atoms with Crippen LogP contribution < -0.4 is 5.43 Å². The lowest BCUT2D eigenvalue weighted by atomic mass is 10.3. The van der Waals surface area contributed by atoms with Crippen molar-refractivity contribution in [2.45, 2.75) is 27.3 Å². The molecule has 1 aromatic rings. The molecule has 0 radical (unpaired) electrons. The van der Waals surface area contributed by atoms with Gasteiger partial charge in [0, 0.05) is 30.1 Å². The number of aromatic nitrogens is 1. The highest BCUT2D eigenvalue weighted by Gasteiger charge is 1.96. The van der Waals surface area contributed by atoms with Gasteiger partial charge in [-0.05, 0) is 20.8 Å². The summed E-state index contributed by atoms with van der Waals surface area (Å²) in [5, 5.41) is 0. The molecule has 0 amide bonds. The molecule has 2 heteroatoms. The first kappa shape index (κ1) is 8.05. The molecule has 0 bridgehead atoms. The molecule has 1 rings (SSSR count). The van der Waals surface area contributed by atoms with Crippen LogP contribution in [0.2, 0.25) is 0 Å². The smallest absolute Gasteiger partial charge is 0.182 e. The summed E-state index contributed by atoms with van der Waals surface area (Å²) in [6.45, 7) is 6.91. The molecule has 1 heterocycles. The van der Waals surface area contributed by atoms with Crippen LogP contribution in [-0.4, -0.2) is 4.57 Å². The lowest BCUT2D eigenvalue weighted by molar-refractivity contribution is 0.699. The SMILES string of the molecule is CCn1c(C)cc(=O)cc1C. The second-order valence-electron chi connectivity index (χ2n) is 2.72. The molecule has 0 spiro atoms. The van der Waals surface area contributed by atoms with E-state index in [-0.39, 0.29) is 5.43 Å². The summed E-state index contributed by atoms with van der Waals surface area (Å²) in [5.41, 5.74) is 2.18. The number of pyridine rings is 1. The molecule has 0 saturated carbocycles. The summed E-state index contributed by atoms with van der Waals surface area (Å²) >= 11 is 0. The Bertz CT molecular complexity index is 286. The van der Waals surface area contributed by atoms with Crippen LogP contribution in [0.3, 0.4) is 0 Å². The molecule has 0 atom stereocenters. The van der Waals surface area contributed by atoms with Gasteiger partial charge in [-0.15, -0.1) is 0 Å². The van der Waals surface area contributed by atoms with Gasteiger partial charge in [0.2, 0.25) is 0 Å². The van der Waals surface area contributed by atoms with Crippen molar-refractivity contribution in [3.63, 3.8) is 0 Å². The maximum atomic E-state index is 11.0. The Morgan fingerprint density at radius 1 is 1.27 bits per heavy atom. The minimum atomic E-state index is 0.102. The molecule has 0 aliphatic rings. The topological polar surface area (TPSA) is 22.0 Å². The number of hydrogen-bond acceptors (Lipinski definition) is 1. The van der Waals surface area contributed by atoms with Crippen molar-refractivity contribution < 1.29 is 0 Å². The first-order valence-corrected chi connectivity index (χ1v) is 3.83. The number of hydrogen-bond donors (Lipinski definition) is 0. The maximum absolute atomic E-state index is 11.0. The molecular weight excluding hydrogens is 138 g/mol. The van der Waals surface area contributed by atoms with E-state index in [2.05, 4.69) is 11.5 Å². The summed E-state index contributed by atoms with van der Waals surface area (Å²) in [5.74, 6) is 0. The minimum absolute atomic E-state index is 0.102. The number of nitrogens with zero attached hydrogens (tertiary/aromatic N) is 1. The third-order valence-electron chi connectivity index (χ3n) is 1.87. The van der Waals surface area contributed by atoms with Gasteiger partial charge in [0.05, 0.1) is 0 Å². The van der Waals surface area contributed by atoms with Gasteiger partial charge in [-0.2, -0.15) is 0 Å². The summed E-state index contributed by atoms with van der Waals surface area (Å²) in [6, 6.07) is 3.33. The predicted molar refractivity (Wildman–Crippen MR) is 45.9 cm³/mol. The Balaban J connectivity index is 3.36. The van der Waals surface area contributed by atoms with Crippen LogP contribution in [0.5, 0.6) is 0 Å². The van der Waals surface area contributed by atoms with Crippen LogP contribution in [0, 0.1) is 13.8 Å². The van der Waals surface area contributed by atoms with Crippen molar-refractivity contribution in [2.24, 2.45) is 0 Å². The van der Waals surface area contributed by atoms with Gasteiger partial charge in [-0.25, -0.2) is 0 Å². The molecule has 11 heavy (non-hydrogen) atoms. The van der Waals surface area contributed by atoms with E-state index >= 15 is 0 Å². The van der Waals surface area contributed by atoms with Crippen LogP contribution in [0.4, 0.5) is 0 Å². The Morgan fingerprint density at radius 3 is 2.09 bits per heavy atom. The molecule has 60 valence electrons. The third-order valence-corrected chi connectivity index (χ3v) is 1.87. The van der Waals surface area contributed by atoms with Gasteiger partial charge in [0.1, 0.15) is 0 Å². The second-order valence-corrected chi connectivity index (χ2v) is 2.72. The van der Waals surface area contributed by atoms with Crippen LogP contribution in [0.1, 0.15) is 18.3 Å². The number of rotatable bonds is 1. The van der Waals surface area contributed by atoms with Gasteiger partial charge in [-0.3, -0.25) is 4.79 Å². The third kappa shape index (κ3) is 1.50. The molecule has 0 N–H and O–H groups in total. The fraction of sp³-hybridized carbons (Fsp3) is 0.444. The Hall–Kier alpha value is -1.05. The van der Waals surface area contributed by atoms with Gasteiger partial charge < -0.3 is 4.57 Å². The van der Waals surface area contributed by atoms with Crippen LogP contribution >= 0.6 is 0 Å². The molecule has 0 aromatic carbocycles. The Kier molecular flexibility index (Phi) is 2.13. The fourth-order valence-electron chi connectivity index (χ4n) is 1.39. The molecule has 2 nitrogen and oxygen atoms in total. The fourth-order valence-corrected chi connectivity index (χ4v) is 1.39. The Labute approximate surface area is 66.5 Å². The van der Waals surface area contributed by atoms with E-state index in [4.69, 9.17) is 0 Å². The van der Waals surface area contributed by atoms with E-state index in [1.165, 1.54) is 0 Å². The van der Waals surface area contributed by atoms with E-state index in [9.17, 15) is 4.79 Å². The average molecular weight is 151 g/mol. The Morgan fingerprint density at radius 2 is 1.73 bits per heavy atom. The summed E-state index contributed by atoms with van der Waals surface area (Å²) in [6.07, 6.45) is 0.